The van der Waals surface area contributed by atoms with Crippen molar-refractivity contribution in [3.8, 4) is 0 Å². The molecule has 0 bridgehead atoms. The van der Waals surface area contributed by atoms with Gasteiger partial charge in [-0.15, -0.1) is 0 Å². The van der Waals surface area contributed by atoms with E-state index < -0.39 is 0 Å². The largest absolute Gasteiger partial charge is 0.371 e. The van der Waals surface area contributed by atoms with E-state index in [1.54, 1.807) is 6.07 Å². The van der Waals surface area contributed by atoms with Crippen molar-refractivity contribution in [1.82, 2.24) is 4.90 Å². The van der Waals surface area contributed by atoms with Crippen LogP contribution in [-0.4, -0.2) is 43.6 Å². The first-order valence-electron chi connectivity index (χ1n) is 7.15. The molecule has 21 heavy (non-hydrogen) atoms. The number of non-ortho nitro benzene ring substituents is 1. The van der Waals surface area contributed by atoms with Crippen LogP contribution in [0.4, 0.5) is 17.1 Å². The highest BCUT2D eigenvalue weighted by Crippen LogP contribution is 2.29. The zero-order chi connectivity index (χ0) is 15.4. The lowest BCUT2D eigenvalue weighted by molar-refractivity contribution is -0.384. The van der Waals surface area contributed by atoms with Crippen LogP contribution in [0.1, 0.15) is 12.8 Å². The van der Waals surface area contributed by atoms with Gasteiger partial charge >= 0.3 is 0 Å². The Hall–Kier alpha value is -1.86. The molecule has 0 aromatic heterocycles. The van der Waals surface area contributed by atoms with Crippen molar-refractivity contribution in [3.63, 3.8) is 0 Å². The summed E-state index contributed by atoms with van der Waals surface area (Å²) < 4.78 is 0. The minimum absolute atomic E-state index is 0.0656. The average molecular weight is 293 g/mol. The maximum Gasteiger partial charge on any atom is 0.273 e. The van der Waals surface area contributed by atoms with E-state index in [2.05, 4.69) is 29.3 Å². The van der Waals surface area contributed by atoms with Gasteiger partial charge in [0.15, 0.2) is 0 Å². The number of rotatable bonds is 5. The summed E-state index contributed by atoms with van der Waals surface area (Å²) >= 11 is 0. The highest BCUT2D eigenvalue weighted by atomic mass is 16.6. The summed E-state index contributed by atoms with van der Waals surface area (Å²) in [6.45, 7) is 2.94. The van der Waals surface area contributed by atoms with Crippen LogP contribution in [0.5, 0.6) is 0 Å². The van der Waals surface area contributed by atoms with Gasteiger partial charge in [-0.3, -0.25) is 16.0 Å². The molecule has 1 aromatic carbocycles. The Balaban J connectivity index is 2.09. The summed E-state index contributed by atoms with van der Waals surface area (Å²) in [5.74, 6) is 6.09. The Morgan fingerprint density at radius 2 is 2.05 bits per heavy atom. The van der Waals surface area contributed by atoms with E-state index >= 15 is 0 Å². The molecule has 7 nitrogen and oxygen atoms in total. The van der Waals surface area contributed by atoms with Crippen LogP contribution in [0, 0.1) is 16.0 Å². The van der Waals surface area contributed by atoms with Gasteiger partial charge in [0.25, 0.3) is 5.69 Å². The first-order chi connectivity index (χ1) is 9.99. The third-order valence-corrected chi connectivity index (χ3v) is 3.88. The maximum atomic E-state index is 11.0. The number of nitrogens with two attached hydrogens (primary N) is 1. The van der Waals surface area contributed by atoms with Crippen LogP contribution in [0.2, 0.25) is 0 Å². The molecule has 0 amide bonds. The number of nitrogens with zero attached hydrogens (tertiary/aromatic N) is 3. The number of hydrogen-bond donors (Lipinski definition) is 2. The molecule has 1 aliphatic heterocycles. The van der Waals surface area contributed by atoms with Crippen molar-refractivity contribution in [2.75, 3.05) is 44.1 Å². The number of nitro benzene ring substituents is 1. The zero-order valence-corrected chi connectivity index (χ0v) is 12.6. The van der Waals surface area contributed by atoms with Gasteiger partial charge < -0.3 is 15.2 Å². The number of hydrogen-bond acceptors (Lipinski definition) is 6. The normalized spacial score (nSPS) is 16.3. The van der Waals surface area contributed by atoms with E-state index in [1.807, 2.05) is 6.07 Å². The molecule has 1 saturated heterocycles. The molecule has 2 rings (SSSR count). The predicted octanol–water partition coefficient (Wildman–Crippen LogP) is 1.66. The van der Waals surface area contributed by atoms with Crippen LogP contribution in [-0.2, 0) is 0 Å². The molecule has 1 aromatic rings. The van der Waals surface area contributed by atoms with Gasteiger partial charge in [-0.2, -0.15) is 0 Å². The Kier molecular flexibility index (Phi) is 4.98. The van der Waals surface area contributed by atoms with Crippen LogP contribution in [0.25, 0.3) is 0 Å². The molecule has 0 atom stereocenters. The molecule has 116 valence electrons. The lowest BCUT2D eigenvalue weighted by Crippen LogP contribution is -2.37. The van der Waals surface area contributed by atoms with E-state index in [0.29, 0.717) is 11.6 Å². The number of piperidine rings is 1. The van der Waals surface area contributed by atoms with E-state index in [-0.39, 0.29) is 10.6 Å². The molecule has 1 heterocycles. The van der Waals surface area contributed by atoms with Crippen molar-refractivity contribution in [2.45, 2.75) is 12.8 Å². The second-order valence-corrected chi connectivity index (χ2v) is 5.83. The molecule has 0 saturated carbocycles. The van der Waals surface area contributed by atoms with Crippen molar-refractivity contribution in [3.05, 3.63) is 28.3 Å². The quantitative estimate of drug-likeness (QED) is 0.488. The van der Waals surface area contributed by atoms with Gasteiger partial charge in [-0.05, 0) is 38.9 Å². The molecule has 3 N–H and O–H groups in total. The van der Waals surface area contributed by atoms with Gasteiger partial charge in [0, 0.05) is 37.5 Å². The van der Waals surface area contributed by atoms with Crippen LogP contribution < -0.4 is 16.2 Å². The summed E-state index contributed by atoms with van der Waals surface area (Å²) in [7, 11) is 4.18. The Morgan fingerprint density at radius 1 is 1.38 bits per heavy atom. The van der Waals surface area contributed by atoms with E-state index in [0.717, 1.165) is 38.2 Å². The summed E-state index contributed by atoms with van der Waals surface area (Å²) in [6.07, 6.45) is 2.21. The van der Waals surface area contributed by atoms with Crippen molar-refractivity contribution >= 4 is 17.1 Å². The van der Waals surface area contributed by atoms with Crippen molar-refractivity contribution < 1.29 is 4.92 Å². The minimum atomic E-state index is -0.386. The van der Waals surface area contributed by atoms with Gasteiger partial charge in [0.05, 0.1) is 10.6 Å². The third kappa shape index (κ3) is 4.05. The van der Waals surface area contributed by atoms with Gasteiger partial charge in [0.1, 0.15) is 0 Å². The van der Waals surface area contributed by atoms with Crippen LogP contribution >= 0.6 is 0 Å². The third-order valence-electron chi connectivity index (χ3n) is 3.88. The Bertz CT molecular complexity index is 498. The van der Waals surface area contributed by atoms with Gasteiger partial charge in [0.2, 0.25) is 0 Å². The van der Waals surface area contributed by atoms with E-state index in [4.69, 9.17) is 5.84 Å². The number of hydrazine groups is 1. The summed E-state index contributed by atoms with van der Waals surface area (Å²) in [5, 5.41) is 11.0. The molecule has 7 heteroatoms. The smallest absolute Gasteiger partial charge is 0.273 e. The molecule has 0 spiro atoms. The van der Waals surface area contributed by atoms with Crippen LogP contribution in [0.3, 0.4) is 0 Å². The van der Waals surface area contributed by atoms with E-state index in [9.17, 15) is 10.1 Å². The topological polar surface area (TPSA) is 87.7 Å². The fraction of sp³-hybridized carbons (Fsp3) is 0.571. The number of nitro groups is 1. The number of nitrogen functional groups attached to an aromatic ring is 1. The van der Waals surface area contributed by atoms with Gasteiger partial charge in [-0.25, -0.2) is 0 Å². The summed E-state index contributed by atoms with van der Waals surface area (Å²) in [5.41, 5.74) is 3.99. The molecule has 1 aliphatic rings. The highest BCUT2D eigenvalue weighted by Gasteiger charge is 2.21. The summed E-state index contributed by atoms with van der Waals surface area (Å²) in [6, 6.07) is 4.93. The highest BCUT2D eigenvalue weighted by molar-refractivity contribution is 5.64. The minimum Gasteiger partial charge on any atom is -0.371 e. The first-order valence-corrected chi connectivity index (χ1v) is 7.15. The maximum absolute atomic E-state index is 11.0. The monoisotopic (exact) mass is 293 g/mol. The number of anilines is 2. The fourth-order valence-corrected chi connectivity index (χ4v) is 2.86. The fourth-order valence-electron chi connectivity index (χ4n) is 2.86. The first kappa shape index (κ1) is 15.5. The lowest BCUT2D eigenvalue weighted by Gasteiger charge is -2.34. The second-order valence-electron chi connectivity index (χ2n) is 5.83. The van der Waals surface area contributed by atoms with Crippen molar-refractivity contribution in [2.24, 2.45) is 11.8 Å². The molecule has 0 radical (unpaired) electrons. The average Bonchev–Trinajstić information content (AvgIpc) is 2.46. The standard InChI is InChI=1S/C14H23N5O2/c1-17(2)10-11-3-5-18(6-4-11)13-7-12(16-15)8-14(9-13)19(20)21/h7-9,11,16H,3-6,10,15H2,1-2H3. The van der Waals surface area contributed by atoms with Gasteiger partial charge in [-0.1, -0.05) is 0 Å². The molecule has 0 unspecified atom stereocenters. The molecular weight excluding hydrogens is 270 g/mol. The molecule has 1 fully saturated rings. The lowest BCUT2D eigenvalue weighted by atomic mass is 9.96. The Labute approximate surface area is 124 Å². The van der Waals surface area contributed by atoms with Crippen molar-refractivity contribution in [1.29, 1.82) is 0 Å². The number of nitrogens with one attached hydrogen (secondary N) is 1. The molecule has 0 aliphatic carbocycles. The predicted molar refractivity (Wildman–Crippen MR) is 84.4 cm³/mol. The Morgan fingerprint density at radius 3 is 2.57 bits per heavy atom. The SMILES string of the molecule is CN(C)CC1CCN(c2cc(NN)cc([N+](=O)[O-])c2)CC1. The number of benzene rings is 1. The van der Waals surface area contributed by atoms with Crippen LogP contribution in [0.15, 0.2) is 18.2 Å². The summed E-state index contributed by atoms with van der Waals surface area (Å²) in [4.78, 5) is 15.0. The van der Waals surface area contributed by atoms with E-state index in [1.165, 1.54) is 6.07 Å². The second kappa shape index (κ2) is 6.73. The molecular formula is C14H23N5O2. The zero-order valence-electron chi connectivity index (χ0n) is 12.6.